The minimum atomic E-state index is -0.812. The summed E-state index contributed by atoms with van der Waals surface area (Å²) < 4.78 is 4.67. The van der Waals surface area contributed by atoms with Gasteiger partial charge in [0.25, 0.3) is 0 Å². The Hall–Kier alpha value is -1.26. The number of hydrogen-bond donors (Lipinski definition) is 2. The number of carboxylic acids is 1. The topological polar surface area (TPSA) is 75.6 Å². The highest BCUT2D eigenvalue weighted by Crippen LogP contribution is 2.00. The van der Waals surface area contributed by atoms with Crippen LogP contribution in [0.15, 0.2) is 0 Å². The molecular weight excluding hydrogens is 186 g/mol. The van der Waals surface area contributed by atoms with Crippen molar-refractivity contribution in [2.24, 2.45) is 0 Å². The maximum atomic E-state index is 10.9. The fourth-order valence-corrected chi connectivity index (χ4v) is 1.01. The summed E-state index contributed by atoms with van der Waals surface area (Å²) in [5, 5.41) is 11.0. The van der Waals surface area contributed by atoms with Crippen LogP contribution >= 0.6 is 0 Å². The van der Waals surface area contributed by atoms with Crippen molar-refractivity contribution >= 4 is 12.1 Å². The Labute approximate surface area is 83.4 Å². The highest BCUT2D eigenvalue weighted by atomic mass is 16.5. The van der Waals surface area contributed by atoms with Gasteiger partial charge in [-0.2, -0.15) is 0 Å². The Kier molecular flexibility index (Phi) is 6.53. The minimum absolute atomic E-state index is 0.0478. The zero-order chi connectivity index (χ0) is 11.0. The Morgan fingerprint density at radius 2 is 2.14 bits per heavy atom. The molecule has 0 spiro atoms. The summed E-state index contributed by atoms with van der Waals surface area (Å²) in [5.41, 5.74) is 0. The standard InChI is InChI=1S/C9H17NO4/c1-3-14-9(13)10-7(2)5-4-6-8(11)12/h7H,3-6H2,1-2H3,(H,10,13)(H,11,12). The van der Waals surface area contributed by atoms with E-state index in [0.29, 0.717) is 19.4 Å². The monoisotopic (exact) mass is 203 g/mol. The second-order valence-electron chi connectivity index (χ2n) is 3.05. The summed E-state index contributed by atoms with van der Waals surface area (Å²) in [6.45, 7) is 3.89. The van der Waals surface area contributed by atoms with Crippen molar-refractivity contribution in [2.75, 3.05) is 6.61 Å². The van der Waals surface area contributed by atoms with Crippen molar-refractivity contribution in [1.82, 2.24) is 5.32 Å². The average Bonchev–Trinajstić information content (AvgIpc) is 2.03. The lowest BCUT2D eigenvalue weighted by molar-refractivity contribution is -0.137. The Balaban J connectivity index is 3.49. The molecule has 0 saturated heterocycles. The lowest BCUT2D eigenvalue weighted by Crippen LogP contribution is -2.33. The molecule has 82 valence electrons. The van der Waals surface area contributed by atoms with Crippen LogP contribution in [0.2, 0.25) is 0 Å². The van der Waals surface area contributed by atoms with E-state index in [4.69, 9.17) is 5.11 Å². The maximum absolute atomic E-state index is 10.9. The molecule has 0 aromatic carbocycles. The van der Waals surface area contributed by atoms with Gasteiger partial charge in [0, 0.05) is 12.5 Å². The van der Waals surface area contributed by atoms with Crippen LogP contribution in [-0.2, 0) is 9.53 Å². The van der Waals surface area contributed by atoms with E-state index < -0.39 is 12.1 Å². The number of hydrogen-bond acceptors (Lipinski definition) is 3. The second-order valence-corrected chi connectivity index (χ2v) is 3.05. The zero-order valence-electron chi connectivity index (χ0n) is 8.58. The molecule has 0 aliphatic rings. The number of carbonyl (C=O) groups is 2. The lowest BCUT2D eigenvalue weighted by atomic mass is 10.1. The molecule has 0 radical (unpaired) electrons. The molecule has 1 atom stereocenters. The molecule has 0 fully saturated rings. The summed E-state index contributed by atoms with van der Waals surface area (Å²) in [5.74, 6) is -0.812. The van der Waals surface area contributed by atoms with Gasteiger partial charge in [0.1, 0.15) is 0 Å². The second kappa shape index (κ2) is 7.17. The van der Waals surface area contributed by atoms with Crippen LogP contribution < -0.4 is 5.32 Å². The van der Waals surface area contributed by atoms with E-state index in [-0.39, 0.29) is 12.5 Å². The molecule has 0 aromatic rings. The van der Waals surface area contributed by atoms with Crippen LogP contribution in [0.5, 0.6) is 0 Å². The first-order valence-electron chi connectivity index (χ1n) is 4.71. The molecule has 0 saturated carbocycles. The smallest absolute Gasteiger partial charge is 0.407 e. The summed E-state index contributed by atoms with van der Waals surface area (Å²) >= 11 is 0. The minimum Gasteiger partial charge on any atom is -0.481 e. The number of aliphatic carboxylic acids is 1. The van der Waals surface area contributed by atoms with Crippen LogP contribution in [-0.4, -0.2) is 29.8 Å². The van der Waals surface area contributed by atoms with Gasteiger partial charge in [-0.3, -0.25) is 4.79 Å². The van der Waals surface area contributed by atoms with Crippen molar-refractivity contribution in [3.63, 3.8) is 0 Å². The number of rotatable bonds is 6. The molecule has 2 N–H and O–H groups in total. The van der Waals surface area contributed by atoms with Crippen molar-refractivity contribution in [3.8, 4) is 0 Å². The van der Waals surface area contributed by atoms with Crippen molar-refractivity contribution in [3.05, 3.63) is 0 Å². The van der Waals surface area contributed by atoms with Crippen LogP contribution in [0.4, 0.5) is 4.79 Å². The maximum Gasteiger partial charge on any atom is 0.407 e. The normalized spacial score (nSPS) is 11.9. The Bertz CT molecular complexity index is 193. The summed E-state index contributed by atoms with van der Waals surface area (Å²) in [7, 11) is 0. The van der Waals surface area contributed by atoms with Gasteiger partial charge in [-0.1, -0.05) is 0 Å². The number of carbonyl (C=O) groups excluding carboxylic acids is 1. The van der Waals surface area contributed by atoms with E-state index in [1.54, 1.807) is 6.92 Å². The van der Waals surface area contributed by atoms with E-state index in [2.05, 4.69) is 10.1 Å². The quantitative estimate of drug-likeness (QED) is 0.683. The van der Waals surface area contributed by atoms with Crippen molar-refractivity contribution in [2.45, 2.75) is 39.2 Å². The fraction of sp³-hybridized carbons (Fsp3) is 0.778. The predicted octanol–water partition coefficient (Wildman–Crippen LogP) is 1.38. The third-order valence-electron chi connectivity index (χ3n) is 1.67. The molecule has 5 heteroatoms. The molecule has 0 heterocycles. The van der Waals surface area contributed by atoms with Gasteiger partial charge in [-0.25, -0.2) is 4.79 Å². The lowest BCUT2D eigenvalue weighted by Gasteiger charge is -2.12. The number of alkyl carbamates (subject to hydrolysis) is 1. The third kappa shape index (κ3) is 7.39. The van der Waals surface area contributed by atoms with Gasteiger partial charge in [0.05, 0.1) is 6.61 Å². The van der Waals surface area contributed by atoms with E-state index in [1.165, 1.54) is 0 Å². The molecule has 0 rings (SSSR count). The van der Waals surface area contributed by atoms with Gasteiger partial charge < -0.3 is 15.2 Å². The summed E-state index contributed by atoms with van der Waals surface area (Å²) in [6.07, 6.45) is 0.887. The Morgan fingerprint density at radius 3 is 2.64 bits per heavy atom. The van der Waals surface area contributed by atoms with E-state index in [1.807, 2.05) is 6.92 Å². The van der Waals surface area contributed by atoms with Gasteiger partial charge in [0.15, 0.2) is 0 Å². The van der Waals surface area contributed by atoms with Gasteiger partial charge in [0.2, 0.25) is 0 Å². The van der Waals surface area contributed by atoms with Crippen molar-refractivity contribution < 1.29 is 19.4 Å². The molecule has 0 aromatic heterocycles. The summed E-state index contributed by atoms with van der Waals surface area (Å²) in [6, 6.07) is -0.0478. The Morgan fingerprint density at radius 1 is 1.50 bits per heavy atom. The zero-order valence-corrected chi connectivity index (χ0v) is 8.58. The van der Waals surface area contributed by atoms with Crippen LogP contribution in [0.3, 0.4) is 0 Å². The van der Waals surface area contributed by atoms with Gasteiger partial charge in [-0.15, -0.1) is 0 Å². The summed E-state index contributed by atoms with van der Waals surface area (Å²) in [4.78, 5) is 21.1. The molecular formula is C9H17NO4. The number of nitrogens with one attached hydrogen (secondary N) is 1. The molecule has 14 heavy (non-hydrogen) atoms. The molecule has 5 nitrogen and oxygen atoms in total. The van der Waals surface area contributed by atoms with E-state index in [0.717, 1.165) is 0 Å². The number of ether oxygens (including phenoxy) is 1. The highest BCUT2D eigenvalue weighted by Gasteiger charge is 2.07. The van der Waals surface area contributed by atoms with E-state index >= 15 is 0 Å². The van der Waals surface area contributed by atoms with Gasteiger partial charge in [-0.05, 0) is 26.7 Å². The molecule has 0 bridgehead atoms. The molecule has 1 unspecified atom stereocenters. The number of carboxylic acid groups (broad SMARTS) is 1. The molecule has 0 aliphatic heterocycles. The first-order valence-corrected chi connectivity index (χ1v) is 4.71. The van der Waals surface area contributed by atoms with Gasteiger partial charge >= 0.3 is 12.1 Å². The molecule has 1 amide bonds. The van der Waals surface area contributed by atoms with E-state index in [9.17, 15) is 9.59 Å². The SMILES string of the molecule is CCOC(=O)NC(C)CCCC(=O)O. The average molecular weight is 203 g/mol. The predicted molar refractivity (Wildman–Crippen MR) is 51.1 cm³/mol. The fourth-order valence-electron chi connectivity index (χ4n) is 1.01. The number of amides is 1. The largest absolute Gasteiger partial charge is 0.481 e. The first-order chi connectivity index (χ1) is 6.56. The van der Waals surface area contributed by atoms with Crippen LogP contribution in [0.1, 0.15) is 33.1 Å². The highest BCUT2D eigenvalue weighted by molar-refractivity contribution is 5.67. The first kappa shape index (κ1) is 12.7. The van der Waals surface area contributed by atoms with Crippen LogP contribution in [0.25, 0.3) is 0 Å². The molecule has 0 aliphatic carbocycles. The van der Waals surface area contributed by atoms with Crippen LogP contribution in [0, 0.1) is 0 Å². The van der Waals surface area contributed by atoms with Crippen molar-refractivity contribution in [1.29, 1.82) is 0 Å². The third-order valence-corrected chi connectivity index (χ3v) is 1.67.